The van der Waals surface area contributed by atoms with Gasteiger partial charge in [0.2, 0.25) is 0 Å². The first-order chi connectivity index (χ1) is 7.65. The van der Waals surface area contributed by atoms with E-state index in [1.807, 2.05) is 38.1 Å². The van der Waals surface area contributed by atoms with E-state index in [0.29, 0.717) is 6.61 Å². The van der Waals surface area contributed by atoms with E-state index in [9.17, 15) is 0 Å². The third kappa shape index (κ3) is 3.83. The predicted octanol–water partition coefficient (Wildman–Crippen LogP) is 2.51. The van der Waals surface area contributed by atoms with Gasteiger partial charge in [0.15, 0.2) is 0 Å². The highest BCUT2D eigenvalue weighted by molar-refractivity contribution is 5.35. The quantitative estimate of drug-likeness (QED) is 0.806. The molecule has 2 N–H and O–H groups in total. The molecule has 0 spiro atoms. The van der Waals surface area contributed by atoms with Crippen molar-refractivity contribution in [2.24, 2.45) is 5.73 Å². The van der Waals surface area contributed by atoms with E-state index in [-0.39, 0.29) is 12.1 Å². The second-order valence-corrected chi connectivity index (χ2v) is 4.04. The fraction of sp³-hybridized carbons (Fsp3) is 0.538. The van der Waals surface area contributed by atoms with Gasteiger partial charge in [-0.3, -0.25) is 0 Å². The van der Waals surface area contributed by atoms with Crippen LogP contribution in [-0.4, -0.2) is 19.8 Å². The van der Waals surface area contributed by atoms with Crippen LogP contribution < -0.4 is 10.5 Å². The number of hydrogen-bond acceptors (Lipinski definition) is 3. The lowest BCUT2D eigenvalue weighted by Gasteiger charge is -2.18. The van der Waals surface area contributed by atoms with Gasteiger partial charge >= 0.3 is 0 Å². The number of ether oxygens (including phenoxy) is 2. The molecule has 0 aliphatic heterocycles. The Hall–Kier alpha value is -1.06. The lowest BCUT2D eigenvalue weighted by Crippen LogP contribution is -2.16. The minimum absolute atomic E-state index is 0.00850. The third-order valence-electron chi connectivity index (χ3n) is 2.47. The van der Waals surface area contributed by atoms with Crippen molar-refractivity contribution < 1.29 is 9.47 Å². The van der Waals surface area contributed by atoms with E-state index < -0.39 is 0 Å². The minimum atomic E-state index is -0.00850. The Balaban J connectivity index is 2.65. The topological polar surface area (TPSA) is 44.5 Å². The Morgan fingerprint density at radius 2 is 1.94 bits per heavy atom. The largest absolute Gasteiger partial charge is 0.490 e. The van der Waals surface area contributed by atoms with Crippen LogP contribution in [0, 0.1) is 0 Å². The van der Waals surface area contributed by atoms with Crippen molar-refractivity contribution in [1.29, 1.82) is 0 Å². The van der Waals surface area contributed by atoms with Crippen molar-refractivity contribution >= 4 is 0 Å². The lowest BCUT2D eigenvalue weighted by atomic mass is 10.1. The molecule has 1 unspecified atom stereocenters. The molecule has 0 heterocycles. The van der Waals surface area contributed by atoms with Gasteiger partial charge in [0.05, 0.1) is 6.10 Å². The van der Waals surface area contributed by atoms with Gasteiger partial charge in [-0.05, 0) is 19.9 Å². The second kappa shape index (κ2) is 6.51. The molecular formula is C13H21NO2. The van der Waals surface area contributed by atoms with Gasteiger partial charge in [-0.2, -0.15) is 0 Å². The summed E-state index contributed by atoms with van der Waals surface area (Å²) >= 11 is 0. The van der Waals surface area contributed by atoms with Gasteiger partial charge < -0.3 is 15.2 Å². The van der Waals surface area contributed by atoms with Crippen LogP contribution in [0.15, 0.2) is 24.3 Å². The van der Waals surface area contributed by atoms with Crippen molar-refractivity contribution in [1.82, 2.24) is 0 Å². The lowest BCUT2D eigenvalue weighted by molar-refractivity contribution is 0.134. The summed E-state index contributed by atoms with van der Waals surface area (Å²) in [6.45, 7) is 4.71. The fourth-order valence-corrected chi connectivity index (χ4v) is 1.52. The van der Waals surface area contributed by atoms with E-state index in [0.717, 1.165) is 17.7 Å². The van der Waals surface area contributed by atoms with E-state index in [2.05, 4.69) is 0 Å². The van der Waals surface area contributed by atoms with Crippen molar-refractivity contribution in [3.05, 3.63) is 29.8 Å². The number of benzene rings is 1. The average Bonchev–Trinajstić information content (AvgIpc) is 2.27. The summed E-state index contributed by atoms with van der Waals surface area (Å²) in [5.41, 5.74) is 6.93. The molecule has 0 aliphatic rings. The van der Waals surface area contributed by atoms with E-state index in [4.69, 9.17) is 15.2 Å². The summed E-state index contributed by atoms with van der Waals surface area (Å²) in [7, 11) is 1.70. The van der Waals surface area contributed by atoms with Crippen LogP contribution in [0.4, 0.5) is 0 Å². The zero-order valence-corrected chi connectivity index (χ0v) is 10.3. The molecule has 0 saturated heterocycles. The fourth-order valence-electron chi connectivity index (χ4n) is 1.52. The molecule has 0 bridgehead atoms. The maximum absolute atomic E-state index is 5.89. The van der Waals surface area contributed by atoms with Crippen LogP contribution in [0.3, 0.4) is 0 Å². The summed E-state index contributed by atoms with van der Waals surface area (Å²) < 4.78 is 10.9. The van der Waals surface area contributed by atoms with Crippen molar-refractivity contribution in [3.8, 4) is 5.75 Å². The van der Waals surface area contributed by atoms with Crippen LogP contribution >= 0.6 is 0 Å². The molecule has 0 aromatic heterocycles. The molecule has 1 rings (SSSR count). The Bertz CT molecular complexity index is 313. The smallest absolute Gasteiger partial charge is 0.124 e. The number of methoxy groups -OCH3 is 1. The molecule has 0 saturated carbocycles. The standard InChI is InChI=1S/C13H21NO2/c1-10(8-9-15-3)16-13-7-5-4-6-12(13)11(2)14/h4-7,10-11H,8-9,14H2,1-3H3/t10?,11-/m1/s1. The van der Waals surface area contributed by atoms with Gasteiger partial charge in [-0.25, -0.2) is 0 Å². The molecule has 3 nitrogen and oxygen atoms in total. The maximum Gasteiger partial charge on any atom is 0.124 e. The molecule has 3 heteroatoms. The van der Waals surface area contributed by atoms with Gasteiger partial charge in [-0.1, -0.05) is 18.2 Å². The SMILES string of the molecule is COCCC(C)Oc1ccccc1[C@@H](C)N. The molecule has 1 aromatic rings. The summed E-state index contributed by atoms with van der Waals surface area (Å²) in [5.74, 6) is 0.876. The number of nitrogens with two attached hydrogens (primary N) is 1. The van der Waals surface area contributed by atoms with Crippen LogP contribution in [0.5, 0.6) is 5.75 Å². The van der Waals surface area contributed by atoms with Gasteiger partial charge in [-0.15, -0.1) is 0 Å². The molecule has 16 heavy (non-hydrogen) atoms. The van der Waals surface area contributed by atoms with Crippen LogP contribution in [-0.2, 0) is 4.74 Å². The highest BCUT2D eigenvalue weighted by Gasteiger charge is 2.10. The van der Waals surface area contributed by atoms with Crippen molar-refractivity contribution in [3.63, 3.8) is 0 Å². The Kier molecular flexibility index (Phi) is 5.29. The van der Waals surface area contributed by atoms with Gasteiger partial charge in [0.25, 0.3) is 0 Å². The summed E-state index contributed by atoms with van der Waals surface area (Å²) in [4.78, 5) is 0. The average molecular weight is 223 g/mol. The van der Waals surface area contributed by atoms with E-state index in [1.165, 1.54) is 0 Å². The Morgan fingerprint density at radius 3 is 2.56 bits per heavy atom. The molecule has 0 radical (unpaired) electrons. The normalized spacial score (nSPS) is 14.5. The summed E-state index contributed by atoms with van der Waals surface area (Å²) in [5, 5.41) is 0. The first-order valence-corrected chi connectivity index (χ1v) is 5.65. The molecule has 0 fully saturated rings. The molecule has 90 valence electrons. The van der Waals surface area contributed by atoms with Crippen LogP contribution in [0.1, 0.15) is 31.9 Å². The van der Waals surface area contributed by atoms with Gasteiger partial charge in [0, 0.05) is 31.7 Å². The molecule has 0 aliphatic carbocycles. The van der Waals surface area contributed by atoms with Gasteiger partial charge in [0.1, 0.15) is 5.75 Å². The Labute approximate surface area is 97.6 Å². The second-order valence-electron chi connectivity index (χ2n) is 4.04. The van der Waals surface area contributed by atoms with E-state index >= 15 is 0 Å². The highest BCUT2D eigenvalue weighted by Crippen LogP contribution is 2.24. The highest BCUT2D eigenvalue weighted by atomic mass is 16.5. The predicted molar refractivity (Wildman–Crippen MR) is 65.6 cm³/mol. The van der Waals surface area contributed by atoms with Crippen LogP contribution in [0.25, 0.3) is 0 Å². The molecular weight excluding hydrogens is 202 g/mol. The minimum Gasteiger partial charge on any atom is -0.490 e. The summed E-state index contributed by atoms with van der Waals surface area (Å²) in [6.07, 6.45) is 1.02. The maximum atomic E-state index is 5.89. The van der Waals surface area contributed by atoms with Crippen molar-refractivity contribution in [2.45, 2.75) is 32.4 Å². The molecule has 2 atom stereocenters. The molecule has 1 aromatic carbocycles. The Morgan fingerprint density at radius 1 is 1.25 bits per heavy atom. The van der Waals surface area contributed by atoms with E-state index in [1.54, 1.807) is 7.11 Å². The summed E-state index contributed by atoms with van der Waals surface area (Å²) in [6, 6.07) is 7.89. The zero-order chi connectivity index (χ0) is 12.0. The third-order valence-corrected chi connectivity index (χ3v) is 2.47. The first-order valence-electron chi connectivity index (χ1n) is 5.65. The van der Waals surface area contributed by atoms with Crippen molar-refractivity contribution in [2.75, 3.05) is 13.7 Å². The zero-order valence-electron chi connectivity index (χ0n) is 10.3. The van der Waals surface area contributed by atoms with Crippen LogP contribution in [0.2, 0.25) is 0 Å². The monoisotopic (exact) mass is 223 g/mol. The first kappa shape index (κ1) is 13.0. The number of para-hydroxylation sites is 1. The number of hydrogen-bond donors (Lipinski definition) is 1. The molecule has 0 amide bonds. The number of rotatable bonds is 6.